The number of amides is 1. The Morgan fingerprint density at radius 2 is 2.13 bits per heavy atom. The Labute approximate surface area is 92.2 Å². The van der Waals surface area contributed by atoms with Crippen molar-refractivity contribution >= 4 is 5.91 Å². The van der Waals surface area contributed by atoms with E-state index in [1.165, 1.54) is 0 Å². The van der Waals surface area contributed by atoms with Crippen LogP contribution in [-0.2, 0) is 4.79 Å². The zero-order chi connectivity index (χ0) is 11.3. The minimum Gasteiger partial charge on any atom is -0.368 e. The van der Waals surface area contributed by atoms with E-state index >= 15 is 0 Å². The van der Waals surface area contributed by atoms with Crippen molar-refractivity contribution in [2.45, 2.75) is 32.7 Å². The molecule has 1 amide bonds. The Bertz CT molecular complexity index is 198. The minimum atomic E-state index is -0.175. The van der Waals surface area contributed by atoms with E-state index < -0.39 is 0 Å². The van der Waals surface area contributed by atoms with Crippen LogP contribution in [0, 0.1) is 5.92 Å². The number of nitrogens with one attached hydrogen (secondary N) is 1. The Morgan fingerprint density at radius 1 is 1.40 bits per heavy atom. The van der Waals surface area contributed by atoms with Gasteiger partial charge in [-0.25, -0.2) is 0 Å². The lowest BCUT2D eigenvalue weighted by atomic mass is 10.0. The molecule has 0 aliphatic carbocycles. The van der Waals surface area contributed by atoms with Crippen LogP contribution in [0.1, 0.15) is 26.7 Å². The molecule has 1 aliphatic heterocycles. The van der Waals surface area contributed by atoms with Gasteiger partial charge in [0.2, 0.25) is 5.91 Å². The summed E-state index contributed by atoms with van der Waals surface area (Å²) in [6.07, 6.45) is 1.97. The standard InChI is InChI=1S/C11H23N3O/c1-9(2)8-10(11(12)15)14-6-3-4-13-5-7-14/h9-10,13H,3-8H2,1-2H3,(H2,12,15). The van der Waals surface area contributed by atoms with E-state index in [0.717, 1.165) is 39.0 Å². The van der Waals surface area contributed by atoms with Gasteiger partial charge in [-0.05, 0) is 25.3 Å². The SMILES string of the molecule is CC(C)CC(C(N)=O)N1CCCNCC1. The molecule has 4 heteroatoms. The molecule has 1 atom stereocenters. The number of nitrogens with zero attached hydrogens (tertiary/aromatic N) is 1. The van der Waals surface area contributed by atoms with Crippen molar-refractivity contribution in [1.82, 2.24) is 10.2 Å². The Balaban J connectivity index is 2.56. The van der Waals surface area contributed by atoms with Gasteiger partial charge < -0.3 is 11.1 Å². The molecule has 1 heterocycles. The lowest BCUT2D eigenvalue weighted by molar-refractivity contribution is -0.123. The zero-order valence-corrected chi connectivity index (χ0v) is 9.83. The maximum absolute atomic E-state index is 11.4. The summed E-state index contributed by atoms with van der Waals surface area (Å²) in [4.78, 5) is 13.6. The van der Waals surface area contributed by atoms with Crippen molar-refractivity contribution in [3.8, 4) is 0 Å². The van der Waals surface area contributed by atoms with Gasteiger partial charge in [-0.1, -0.05) is 13.8 Å². The lowest BCUT2D eigenvalue weighted by Crippen LogP contribution is -2.46. The summed E-state index contributed by atoms with van der Waals surface area (Å²) < 4.78 is 0. The summed E-state index contributed by atoms with van der Waals surface area (Å²) in [5.41, 5.74) is 5.47. The van der Waals surface area contributed by atoms with Crippen molar-refractivity contribution in [2.75, 3.05) is 26.2 Å². The van der Waals surface area contributed by atoms with Gasteiger partial charge in [-0.2, -0.15) is 0 Å². The Kier molecular flexibility index (Phi) is 5.05. The van der Waals surface area contributed by atoms with Crippen LogP contribution in [0.25, 0.3) is 0 Å². The third-order valence-electron chi connectivity index (χ3n) is 2.84. The van der Waals surface area contributed by atoms with Crippen LogP contribution in [0.2, 0.25) is 0 Å². The number of rotatable bonds is 4. The summed E-state index contributed by atoms with van der Waals surface area (Å²) in [6, 6.07) is -0.0788. The molecule has 0 saturated carbocycles. The summed E-state index contributed by atoms with van der Waals surface area (Å²) >= 11 is 0. The van der Waals surface area contributed by atoms with Gasteiger partial charge in [0.05, 0.1) is 6.04 Å². The largest absolute Gasteiger partial charge is 0.368 e. The van der Waals surface area contributed by atoms with Crippen molar-refractivity contribution in [2.24, 2.45) is 11.7 Å². The number of nitrogens with two attached hydrogens (primary N) is 1. The molecule has 0 bridgehead atoms. The first kappa shape index (κ1) is 12.5. The van der Waals surface area contributed by atoms with Crippen LogP contribution in [0.5, 0.6) is 0 Å². The first-order valence-electron chi connectivity index (χ1n) is 5.85. The first-order valence-corrected chi connectivity index (χ1v) is 5.85. The molecule has 0 aromatic heterocycles. The summed E-state index contributed by atoms with van der Waals surface area (Å²) in [5.74, 6) is 0.337. The quantitative estimate of drug-likeness (QED) is 0.700. The number of carbonyl (C=O) groups is 1. The van der Waals surface area contributed by atoms with Gasteiger partial charge in [0.15, 0.2) is 0 Å². The molecule has 0 aromatic rings. The molecule has 4 nitrogen and oxygen atoms in total. The highest BCUT2D eigenvalue weighted by atomic mass is 16.1. The molecule has 1 unspecified atom stereocenters. The van der Waals surface area contributed by atoms with E-state index in [1.54, 1.807) is 0 Å². The van der Waals surface area contributed by atoms with Gasteiger partial charge in [0, 0.05) is 19.6 Å². The predicted molar refractivity (Wildman–Crippen MR) is 61.5 cm³/mol. The third kappa shape index (κ3) is 4.18. The van der Waals surface area contributed by atoms with Gasteiger partial charge >= 0.3 is 0 Å². The highest BCUT2D eigenvalue weighted by Gasteiger charge is 2.24. The zero-order valence-electron chi connectivity index (χ0n) is 9.83. The average molecular weight is 213 g/mol. The molecule has 15 heavy (non-hydrogen) atoms. The van der Waals surface area contributed by atoms with Crippen molar-refractivity contribution in [3.63, 3.8) is 0 Å². The Morgan fingerprint density at radius 3 is 2.73 bits per heavy atom. The average Bonchev–Trinajstić information content (AvgIpc) is 2.41. The minimum absolute atomic E-state index is 0.0788. The van der Waals surface area contributed by atoms with E-state index in [1.807, 2.05) is 0 Å². The van der Waals surface area contributed by atoms with Crippen LogP contribution >= 0.6 is 0 Å². The van der Waals surface area contributed by atoms with Gasteiger partial charge in [-0.3, -0.25) is 9.69 Å². The maximum Gasteiger partial charge on any atom is 0.234 e. The fraction of sp³-hybridized carbons (Fsp3) is 0.909. The second-order valence-electron chi connectivity index (χ2n) is 4.69. The van der Waals surface area contributed by atoms with E-state index in [2.05, 4.69) is 24.1 Å². The highest BCUT2D eigenvalue weighted by molar-refractivity contribution is 5.79. The van der Waals surface area contributed by atoms with E-state index in [4.69, 9.17) is 5.73 Å². The maximum atomic E-state index is 11.4. The van der Waals surface area contributed by atoms with Gasteiger partial charge in [0.25, 0.3) is 0 Å². The molecule has 0 radical (unpaired) electrons. The topological polar surface area (TPSA) is 58.4 Å². The highest BCUT2D eigenvalue weighted by Crippen LogP contribution is 2.12. The van der Waals surface area contributed by atoms with E-state index in [-0.39, 0.29) is 11.9 Å². The number of carbonyl (C=O) groups excluding carboxylic acids is 1. The molecule has 88 valence electrons. The van der Waals surface area contributed by atoms with Crippen LogP contribution < -0.4 is 11.1 Å². The monoisotopic (exact) mass is 213 g/mol. The molecule has 3 N–H and O–H groups in total. The normalized spacial score (nSPS) is 21.3. The van der Waals surface area contributed by atoms with E-state index in [0.29, 0.717) is 5.92 Å². The van der Waals surface area contributed by atoms with Crippen LogP contribution in [-0.4, -0.2) is 43.0 Å². The van der Waals surface area contributed by atoms with Crippen molar-refractivity contribution in [3.05, 3.63) is 0 Å². The Hall–Kier alpha value is -0.610. The molecule has 0 aromatic carbocycles. The molecule has 1 saturated heterocycles. The molecule has 1 fully saturated rings. The van der Waals surface area contributed by atoms with Crippen LogP contribution in [0.4, 0.5) is 0 Å². The molecular formula is C11H23N3O. The van der Waals surface area contributed by atoms with Crippen molar-refractivity contribution in [1.29, 1.82) is 0 Å². The first-order chi connectivity index (χ1) is 7.11. The molecule has 1 rings (SSSR count). The summed E-state index contributed by atoms with van der Waals surface area (Å²) in [6.45, 7) is 8.18. The molecular weight excluding hydrogens is 190 g/mol. The summed E-state index contributed by atoms with van der Waals surface area (Å²) in [7, 11) is 0. The van der Waals surface area contributed by atoms with Crippen LogP contribution in [0.15, 0.2) is 0 Å². The van der Waals surface area contributed by atoms with Crippen molar-refractivity contribution < 1.29 is 4.79 Å². The number of primary amides is 1. The van der Waals surface area contributed by atoms with Gasteiger partial charge in [0.1, 0.15) is 0 Å². The fourth-order valence-electron chi connectivity index (χ4n) is 2.07. The number of hydrogen-bond acceptors (Lipinski definition) is 3. The van der Waals surface area contributed by atoms with E-state index in [9.17, 15) is 4.79 Å². The molecule has 0 spiro atoms. The number of hydrogen-bond donors (Lipinski definition) is 2. The van der Waals surface area contributed by atoms with Crippen LogP contribution in [0.3, 0.4) is 0 Å². The second kappa shape index (κ2) is 6.08. The van der Waals surface area contributed by atoms with Gasteiger partial charge in [-0.15, -0.1) is 0 Å². The third-order valence-corrected chi connectivity index (χ3v) is 2.84. The fourth-order valence-corrected chi connectivity index (χ4v) is 2.07. The smallest absolute Gasteiger partial charge is 0.234 e. The second-order valence-corrected chi connectivity index (χ2v) is 4.69. The lowest BCUT2D eigenvalue weighted by Gasteiger charge is -2.29. The summed E-state index contributed by atoms with van der Waals surface area (Å²) in [5, 5.41) is 3.33. The predicted octanol–water partition coefficient (Wildman–Crippen LogP) is 0.182. The molecule has 1 aliphatic rings.